The zero-order chi connectivity index (χ0) is 17.8. The third kappa shape index (κ3) is 7.25. The van der Waals surface area contributed by atoms with Gasteiger partial charge in [-0.2, -0.15) is 0 Å². The summed E-state index contributed by atoms with van der Waals surface area (Å²) in [7, 11) is -1.45. The van der Waals surface area contributed by atoms with Crippen molar-refractivity contribution >= 4 is 14.2 Å². The molecule has 0 radical (unpaired) electrons. The molecule has 0 bridgehead atoms. The number of phenolic OH excluding ortho intramolecular Hbond substituents is 1. The number of ether oxygens (including phenoxy) is 1. The maximum absolute atomic E-state index is 11.8. The van der Waals surface area contributed by atoms with Crippen LogP contribution in [-0.4, -0.2) is 24.9 Å². The monoisotopic (exact) mass is 333 g/mol. The van der Waals surface area contributed by atoms with Crippen molar-refractivity contribution in [2.45, 2.75) is 59.0 Å². The molecule has 0 aliphatic carbocycles. The second-order valence-electron chi connectivity index (χ2n) is 7.64. The van der Waals surface area contributed by atoms with E-state index in [4.69, 9.17) is 4.74 Å². The third-order valence-electron chi connectivity index (χ3n) is 2.81. The summed E-state index contributed by atoms with van der Waals surface area (Å²) in [5.41, 5.74) is 4.12. The van der Waals surface area contributed by atoms with Gasteiger partial charge in [-0.25, -0.2) is 4.79 Å². The summed E-state index contributed by atoms with van der Waals surface area (Å²) in [4.78, 5) is 11.8. The SMILES string of the molecule is C[C@H](NC(=O)OC(C)(C)C)c1ccc(C#C[Si](C)(C)C)cc1O. The molecule has 5 heteroatoms. The smallest absolute Gasteiger partial charge is 0.408 e. The predicted octanol–water partition coefficient (Wildman–Crippen LogP) is 4.21. The lowest BCUT2D eigenvalue weighted by atomic mass is 10.0. The number of nitrogens with one attached hydrogen (secondary N) is 1. The maximum atomic E-state index is 11.8. The van der Waals surface area contributed by atoms with Crippen molar-refractivity contribution in [3.8, 4) is 17.2 Å². The van der Waals surface area contributed by atoms with E-state index in [0.29, 0.717) is 5.56 Å². The summed E-state index contributed by atoms with van der Waals surface area (Å²) >= 11 is 0. The maximum Gasteiger partial charge on any atom is 0.408 e. The van der Waals surface area contributed by atoms with Crippen molar-refractivity contribution in [2.75, 3.05) is 0 Å². The number of benzene rings is 1. The van der Waals surface area contributed by atoms with Crippen LogP contribution < -0.4 is 5.32 Å². The fourth-order valence-electron chi connectivity index (χ4n) is 1.81. The van der Waals surface area contributed by atoms with Crippen LogP contribution in [0.15, 0.2) is 18.2 Å². The zero-order valence-corrected chi connectivity index (χ0v) is 16.1. The molecule has 0 spiro atoms. The van der Waals surface area contributed by atoms with Crippen molar-refractivity contribution in [2.24, 2.45) is 0 Å². The summed E-state index contributed by atoms with van der Waals surface area (Å²) in [5.74, 6) is 3.22. The van der Waals surface area contributed by atoms with Crippen molar-refractivity contribution in [3.63, 3.8) is 0 Å². The van der Waals surface area contributed by atoms with Gasteiger partial charge in [0.1, 0.15) is 19.4 Å². The number of amides is 1. The van der Waals surface area contributed by atoms with Crippen molar-refractivity contribution in [3.05, 3.63) is 29.3 Å². The molecule has 0 saturated carbocycles. The Bertz CT molecular complexity index is 630. The van der Waals surface area contributed by atoms with Crippen molar-refractivity contribution in [1.29, 1.82) is 0 Å². The van der Waals surface area contributed by atoms with Crippen LogP contribution in [-0.2, 0) is 4.74 Å². The van der Waals surface area contributed by atoms with Gasteiger partial charge in [-0.3, -0.25) is 0 Å². The first-order valence-electron chi connectivity index (χ1n) is 7.73. The van der Waals surface area contributed by atoms with E-state index >= 15 is 0 Å². The van der Waals surface area contributed by atoms with E-state index in [1.165, 1.54) is 0 Å². The van der Waals surface area contributed by atoms with Gasteiger partial charge in [0.25, 0.3) is 0 Å². The molecule has 1 amide bonds. The molecular weight excluding hydrogens is 306 g/mol. The molecule has 2 N–H and O–H groups in total. The van der Waals surface area contributed by atoms with E-state index in [-0.39, 0.29) is 11.8 Å². The summed E-state index contributed by atoms with van der Waals surface area (Å²) in [6, 6.07) is 4.92. The normalized spacial score (nSPS) is 12.8. The average molecular weight is 334 g/mol. The number of carbonyl (C=O) groups is 1. The molecule has 0 aromatic heterocycles. The van der Waals surface area contributed by atoms with E-state index in [0.717, 1.165) is 5.56 Å². The van der Waals surface area contributed by atoms with Gasteiger partial charge < -0.3 is 15.2 Å². The van der Waals surface area contributed by atoms with Gasteiger partial charge in [0.2, 0.25) is 0 Å². The molecule has 0 aliphatic heterocycles. The summed E-state index contributed by atoms with van der Waals surface area (Å²) in [6.07, 6.45) is -0.507. The highest BCUT2D eigenvalue weighted by Crippen LogP contribution is 2.25. The first kappa shape index (κ1) is 19.1. The fourth-order valence-corrected chi connectivity index (χ4v) is 2.33. The van der Waals surface area contributed by atoms with Gasteiger partial charge in [0, 0.05) is 11.1 Å². The van der Waals surface area contributed by atoms with Gasteiger partial charge in [0.15, 0.2) is 0 Å². The molecule has 126 valence electrons. The van der Waals surface area contributed by atoms with Crippen LogP contribution in [0.25, 0.3) is 0 Å². The van der Waals surface area contributed by atoms with E-state index < -0.39 is 19.8 Å². The molecule has 1 aromatic rings. The molecule has 0 saturated heterocycles. The number of alkyl carbamates (subject to hydrolysis) is 1. The number of hydrogen-bond donors (Lipinski definition) is 2. The molecule has 1 aromatic carbocycles. The highest BCUT2D eigenvalue weighted by Gasteiger charge is 2.19. The number of hydrogen-bond acceptors (Lipinski definition) is 3. The predicted molar refractivity (Wildman–Crippen MR) is 96.1 cm³/mol. The Balaban J connectivity index is 2.85. The minimum Gasteiger partial charge on any atom is -0.508 e. The van der Waals surface area contributed by atoms with E-state index in [2.05, 4.69) is 36.4 Å². The highest BCUT2D eigenvalue weighted by molar-refractivity contribution is 6.83. The summed E-state index contributed by atoms with van der Waals surface area (Å²) in [5, 5.41) is 12.9. The number of carbonyl (C=O) groups excluding carboxylic acids is 1. The van der Waals surface area contributed by atoms with E-state index in [1.54, 1.807) is 39.8 Å². The van der Waals surface area contributed by atoms with Gasteiger partial charge in [-0.05, 0) is 39.8 Å². The van der Waals surface area contributed by atoms with E-state index in [1.807, 2.05) is 6.07 Å². The molecule has 0 heterocycles. The Morgan fingerprint density at radius 1 is 1.30 bits per heavy atom. The van der Waals surface area contributed by atoms with Gasteiger partial charge >= 0.3 is 6.09 Å². The number of aromatic hydroxyl groups is 1. The van der Waals surface area contributed by atoms with Crippen LogP contribution in [0.5, 0.6) is 5.75 Å². The fraction of sp³-hybridized carbons (Fsp3) is 0.500. The van der Waals surface area contributed by atoms with Crippen LogP contribution >= 0.6 is 0 Å². The van der Waals surface area contributed by atoms with Crippen LogP contribution in [0, 0.1) is 11.5 Å². The van der Waals surface area contributed by atoms with Crippen LogP contribution in [0.2, 0.25) is 19.6 Å². The molecule has 0 unspecified atom stereocenters. The first-order valence-corrected chi connectivity index (χ1v) is 11.2. The summed E-state index contributed by atoms with van der Waals surface area (Å²) in [6.45, 7) is 13.7. The molecule has 1 rings (SSSR count). The van der Waals surface area contributed by atoms with E-state index in [9.17, 15) is 9.90 Å². The molecule has 0 fully saturated rings. The average Bonchev–Trinajstić information content (AvgIpc) is 2.32. The Morgan fingerprint density at radius 2 is 1.91 bits per heavy atom. The standard InChI is InChI=1S/C18H27NO3Si/c1-13(19-17(21)22-18(2,3)4)15-9-8-14(12-16(15)20)10-11-23(5,6)7/h8-9,12-13,20H,1-7H3,(H,19,21)/t13-/m0/s1. The quantitative estimate of drug-likeness (QED) is 0.630. The number of rotatable bonds is 2. The zero-order valence-electron chi connectivity index (χ0n) is 15.1. The second kappa shape index (κ2) is 7.09. The van der Waals surface area contributed by atoms with Crippen LogP contribution in [0.4, 0.5) is 4.79 Å². The van der Waals surface area contributed by atoms with Crippen molar-refractivity contribution < 1.29 is 14.6 Å². The molecule has 23 heavy (non-hydrogen) atoms. The van der Waals surface area contributed by atoms with Gasteiger partial charge in [-0.15, -0.1) is 5.54 Å². The molecule has 4 nitrogen and oxygen atoms in total. The number of phenols is 1. The lowest BCUT2D eigenvalue weighted by Crippen LogP contribution is -2.34. The minimum absolute atomic E-state index is 0.121. The minimum atomic E-state index is -1.45. The van der Waals surface area contributed by atoms with Gasteiger partial charge in [-0.1, -0.05) is 31.6 Å². The Hall–Kier alpha value is -1.93. The first-order chi connectivity index (χ1) is 10.4. The lowest BCUT2D eigenvalue weighted by Gasteiger charge is -2.22. The Morgan fingerprint density at radius 3 is 2.39 bits per heavy atom. The Labute approximate surface area is 140 Å². The Kier molecular flexibility index (Phi) is 5.90. The molecule has 1 atom stereocenters. The third-order valence-corrected chi connectivity index (χ3v) is 3.69. The van der Waals surface area contributed by atoms with Crippen molar-refractivity contribution in [1.82, 2.24) is 5.32 Å². The van der Waals surface area contributed by atoms with Crippen LogP contribution in [0.1, 0.15) is 44.9 Å². The lowest BCUT2D eigenvalue weighted by molar-refractivity contribution is 0.0507. The topological polar surface area (TPSA) is 58.6 Å². The molecular formula is C18H27NO3Si. The van der Waals surface area contributed by atoms with Crippen LogP contribution in [0.3, 0.4) is 0 Å². The van der Waals surface area contributed by atoms with Gasteiger partial charge in [0.05, 0.1) is 6.04 Å². The second-order valence-corrected chi connectivity index (χ2v) is 12.4. The summed E-state index contributed by atoms with van der Waals surface area (Å²) < 4.78 is 5.22. The highest BCUT2D eigenvalue weighted by atomic mass is 28.3. The largest absolute Gasteiger partial charge is 0.508 e. The molecule has 0 aliphatic rings.